The SMILES string of the molecule is FC(=C(c1ccccc1)c1ccccc1)C1CCCS1. The number of rotatable bonds is 3. The Kier molecular flexibility index (Phi) is 4.22. The molecule has 1 unspecified atom stereocenters. The van der Waals surface area contributed by atoms with Gasteiger partial charge in [-0.1, -0.05) is 60.7 Å². The second kappa shape index (κ2) is 6.27. The van der Waals surface area contributed by atoms with Crippen LogP contribution in [0.25, 0.3) is 5.57 Å². The Morgan fingerprint density at radius 2 is 1.45 bits per heavy atom. The average molecular weight is 284 g/mol. The molecule has 0 spiro atoms. The number of halogens is 1. The minimum Gasteiger partial charge on any atom is -0.210 e. The molecule has 0 amide bonds. The zero-order valence-electron chi connectivity index (χ0n) is 11.3. The second-order valence-corrected chi connectivity index (χ2v) is 6.27. The largest absolute Gasteiger partial charge is 0.210 e. The van der Waals surface area contributed by atoms with Crippen LogP contribution in [0.4, 0.5) is 4.39 Å². The molecule has 0 saturated carbocycles. The lowest BCUT2D eigenvalue weighted by Gasteiger charge is -2.14. The van der Waals surface area contributed by atoms with Crippen molar-refractivity contribution in [3.8, 4) is 0 Å². The van der Waals surface area contributed by atoms with E-state index in [-0.39, 0.29) is 11.1 Å². The predicted octanol–water partition coefficient (Wildman–Crippen LogP) is 5.31. The van der Waals surface area contributed by atoms with E-state index in [0.29, 0.717) is 0 Å². The molecule has 0 N–H and O–H groups in total. The summed E-state index contributed by atoms with van der Waals surface area (Å²) in [6.07, 6.45) is 2.05. The van der Waals surface area contributed by atoms with Crippen LogP contribution in [-0.4, -0.2) is 11.0 Å². The molecule has 2 aromatic rings. The maximum absolute atomic E-state index is 15.0. The fraction of sp³-hybridized carbons (Fsp3) is 0.222. The lowest BCUT2D eigenvalue weighted by molar-refractivity contribution is 0.592. The van der Waals surface area contributed by atoms with Crippen molar-refractivity contribution in [2.24, 2.45) is 0 Å². The summed E-state index contributed by atoms with van der Waals surface area (Å²) in [5, 5.41) is 0.0189. The van der Waals surface area contributed by atoms with Crippen molar-refractivity contribution < 1.29 is 4.39 Å². The van der Waals surface area contributed by atoms with Crippen LogP contribution in [0.1, 0.15) is 24.0 Å². The van der Waals surface area contributed by atoms with Crippen LogP contribution in [0, 0.1) is 0 Å². The summed E-state index contributed by atoms with van der Waals surface area (Å²) >= 11 is 1.74. The van der Waals surface area contributed by atoms with Crippen LogP contribution >= 0.6 is 11.8 Å². The Labute approximate surface area is 123 Å². The standard InChI is InChI=1S/C18H17FS/c19-18(16-12-7-13-20-16)17(14-8-3-1-4-9-14)15-10-5-2-6-11-15/h1-6,8-11,16H,7,12-13H2. The van der Waals surface area contributed by atoms with Crippen molar-refractivity contribution in [3.63, 3.8) is 0 Å². The summed E-state index contributed by atoms with van der Waals surface area (Å²) in [7, 11) is 0. The molecule has 1 aliphatic rings. The third kappa shape index (κ3) is 2.80. The highest BCUT2D eigenvalue weighted by molar-refractivity contribution is 8.00. The molecular weight excluding hydrogens is 267 g/mol. The van der Waals surface area contributed by atoms with Gasteiger partial charge in [0, 0.05) is 5.57 Å². The van der Waals surface area contributed by atoms with E-state index < -0.39 is 0 Å². The number of thioether (sulfide) groups is 1. The first-order valence-corrected chi connectivity index (χ1v) is 8.03. The van der Waals surface area contributed by atoms with Crippen molar-refractivity contribution in [3.05, 3.63) is 77.6 Å². The third-order valence-electron chi connectivity index (χ3n) is 3.58. The Morgan fingerprint density at radius 1 is 0.900 bits per heavy atom. The van der Waals surface area contributed by atoms with E-state index in [2.05, 4.69) is 0 Å². The molecule has 1 aliphatic heterocycles. The van der Waals surface area contributed by atoms with E-state index in [4.69, 9.17) is 0 Å². The van der Waals surface area contributed by atoms with Gasteiger partial charge in [-0.05, 0) is 29.7 Å². The van der Waals surface area contributed by atoms with Gasteiger partial charge in [0.25, 0.3) is 0 Å². The van der Waals surface area contributed by atoms with E-state index in [0.717, 1.165) is 35.3 Å². The van der Waals surface area contributed by atoms with Crippen LogP contribution in [0.15, 0.2) is 66.5 Å². The average Bonchev–Trinajstić information content (AvgIpc) is 3.04. The van der Waals surface area contributed by atoms with E-state index in [1.807, 2.05) is 60.7 Å². The third-order valence-corrected chi connectivity index (χ3v) is 4.95. The Balaban J connectivity index is 2.11. The molecule has 0 aliphatic carbocycles. The number of hydrogen-bond donors (Lipinski definition) is 0. The van der Waals surface area contributed by atoms with Gasteiger partial charge < -0.3 is 0 Å². The molecule has 3 rings (SSSR count). The van der Waals surface area contributed by atoms with Gasteiger partial charge in [-0.3, -0.25) is 0 Å². The Bertz CT molecular complexity index is 542. The Hall–Kier alpha value is -1.54. The molecule has 1 fully saturated rings. The molecular formula is C18H17FS. The molecule has 102 valence electrons. The van der Waals surface area contributed by atoms with Gasteiger partial charge >= 0.3 is 0 Å². The zero-order chi connectivity index (χ0) is 13.8. The fourth-order valence-electron chi connectivity index (χ4n) is 2.59. The van der Waals surface area contributed by atoms with Gasteiger partial charge in [0.05, 0.1) is 5.25 Å². The van der Waals surface area contributed by atoms with Gasteiger partial charge in [0.2, 0.25) is 0 Å². The predicted molar refractivity (Wildman–Crippen MR) is 85.5 cm³/mol. The topological polar surface area (TPSA) is 0 Å². The maximum atomic E-state index is 15.0. The van der Waals surface area contributed by atoms with Crippen molar-refractivity contribution >= 4 is 17.3 Å². The van der Waals surface area contributed by atoms with Crippen LogP contribution in [-0.2, 0) is 0 Å². The van der Waals surface area contributed by atoms with Crippen LogP contribution in [0.2, 0.25) is 0 Å². The summed E-state index contributed by atoms with van der Waals surface area (Å²) in [4.78, 5) is 0. The van der Waals surface area contributed by atoms with E-state index >= 15 is 4.39 Å². The van der Waals surface area contributed by atoms with Gasteiger partial charge in [-0.2, -0.15) is 11.8 Å². The molecule has 2 aromatic carbocycles. The van der Waals surface area contributed by atoms with Gasteiger partial charge in [-0.25, -0.2) is 4.39 Å². The highest BCUT2D eigenvalue weighted by atomic mass is 32.2. The molecule has 1 atom stereocenters. The maximum Gasteiger partial charge on any atom is 0.121 e. The normalized spacial score (nSPS) is 17.9. The van der Waals surface area contributed by atoms with Crippen molar-refractivity contribution in [2.45, 2.75) is 18.1 Å². The smallest absolute Gasteiger partial charge is 0.121 e. The molecule has 0 bridgehead atoms. The molecule has 20 heavy (non-hydrogen) atoms. The quantitative estimate of drug-likeness (QED) is 0.736. The lowest BCUT2D eigenvalue weighted by atomic mass is 9.95. The summed E-state index contributed by atoms with van der Waals surface area (Å²) in [6, 6.07) is 19.7. The summed E-state index contributed by atoms with van der Waals surface area (Å²) in [5.74, 6) is 1.10. The highest BCUT2D eigenvalue weighted by Gasteiger charge is 2.24. The van der Waals surface area contributed by atoms with Gasteiger partial charge in [0.1, 0.15) is 5.83 Å². The first-order chi connectivity index (χ1) is 9.86. The van der Waals surface area contributed by atoms with Crippen molar-refractivity contribution in [2.75, 3.05) is 5.75 Å². The lowest BCUT2D eigenvalue weighted by Crippen LogP contribution is -2.02. The highest BCUT2D eigenvalue weighted by Crippen LogP contribution is 2.38. The van der Waals surface area contributed by atoms with Crippen LogP contribution in [0.5, 0.6) is 0 Å². The number of benzene rings is 2. The van der Waals surface area contributed by atoms with Crippen molar-refractivity contribution in [1.29, 1.82) is 0 Å². The summed E-state index contributed by atoms with van der Waals surface area (Å²) in [5.41, 5.74) is 2.68. The van der Waals surface area contributed by atoms with E-state index in [9.17, 15) is 0 Å². The van der Waals surface area contributed by atoms with Gasteiger partial charge in [0.15, 0.2) is 0 Å². The summed E-state index contributed by atoms with van der Waals surface area (Å²) in [6.45, 7) is 0. The van der Waals surface area contributed by atoms with Gasteiger partial charge in [-0.15, -0.1) is 0 Å². The molecule has 1 heterocycles. The van der Waals surface area contributed by atoms with Crippen LogP contribution < -0.4 is 0 Å². The first-order valence-electron chi connectivity index (χ1n) is 6.98. The Morgan fingerprint density at radius 3 is 1.90 bits per heavy atom. The minimum atomic E-state index is 0.0189. The zero-order valence-corrected chi connectivity index (χ0v) is 12.1. The molecule has 2 heteroatoms. The van der Waals surface area contributed by atoms with E-state index in [1.54, 1.807) is 11.8 Å². The second-order valence-electron chi connectivity index (χ2n) is 4.96. The monoisotopic (exact) mass is 284 g/mol. The molecule has 0 radical (unpaired) electrons. The number of hydrogen-bond acceptors (Lipinski definition) is 1. The molecule has 0 nitrogen and oxygen atoms in total. The van der Waals surface area contributed by atoms with Crippen LogP contribution in [0.3, 0.4) is 0 Å². The van der Waals surface area contributed by atoms with E-state index in [1.165, 1.54) is 0 Å². The molecule has 0 aromatic heterocycles. The van der Waals surface area contributed by atoms with Crippen molar-refractivity contribution in [1.82, 2.24) is 0 Å². The minimum absolute atomic E-state index is 0.0189. The molecule has 1 saturated heterocycles. The summed E-state index contributed by atoms with van der Waals surface area (Å²) < 4.78 is 15.0. The fourth-order valence-corrected chi connectivity index (χ4v) is 3.81. The first kappa shape index (κ1) is 13.4.